The molecule has 0 spiro atoms. The molecular weight excluding hydrogens is 380 g/mol. The molecule has 1 aromatic carbocycles. The van der Waals surface area contributed by atoms with Gasteiger partial charge in [0.15, 0.2) is 0 Å². The highest BCUT2D eigenvalue weighted by molar-refractivity contribution is 5.76. The number of hydrogen-bond donors (Lipinski definition) is 1. The summed E-state index contributed by atoms with van der Waals surface area (Å²) < 4.78 is 7.49. The number of aliphatic carboxylic acids is 1. The van der Waals surface area contributed by atoms with Crippen LogP contribution in [0.4, 0.5) is 0 Å². The van der Waals surface area contributed by atoms with Crippen LogP contribution in [0.3, 0.4) is 0 Å². The first kappa shape index (κ1) is 19.0. The van der Waals surface area contributed by atoms with Crippen molar-refractivity contribution in [3.8, 4) is 16.9 Å². The lowest BCUT2D eigenvalue weighted by atomic mass is 9.74. The maximum Gasteiger partial charge on any atom is 0.311 e. The lowest BCUT2D eigenvalue weighted by Gasteiger charge is -2.34. The number of para-hydroxylation sites is 1. The summed E-state index contributed by atoms with van der Waals surface area (Å²) >= 11 is 0. The molecule has 2 aliphatic rings. The number of fused-ring (bicyclic) bond motifs is 1. The molecular formula is C23H24N4O3. The van der Waals surface area contributed by atoms with Gasteiger partial charge in [0.2, 0.25) is 0 Å². The zero-order chi connectivity index (χ0) is 20.6. The van der Waals surface area contributed by atoms with Crippen LogP contribution in [0.5, 0.6) is 0 Å². The van der Waals surface area contributed by atoms with E-state index in [1.165, 1.54) is 0 Å². The number of pyridine rings is 1. The molecule has 2 saturated heterocycles. The Morgan fingerprint density at radius 1 is 1.20 bits per heavy atom. The summed E-state index contributed by atoms with van der Waals surface area (Å²) in [4.78, 5) is 18.5. The van der Waals surface area contributed by atoms with Gasteiger partial charge in [-0.2, -0.15) is 5.10 Å². The molecule has 154 valence electrons. The first-order chi connectivity index (χ1) is 14.7. The van der Waals surface area contributed by atoms with Crippen LogP contribution in [0.25, 0.3) is 16.9 Å². The van der Waals surface area contributed by atoms with Crippen LogP contribution in [-0.4, -0.2) is 57.0 Å². The minimum absolute atomic E-state index is 0.0253. The Morgan fingerprint density at radius 2 is 2.00 bits per heavy atom. The number of rotatable bonds is 5. The van der Waals surface area contributed by atoms with Crippen molar-refractivity contribution >= 4 is 5.97 Å². The number of nitrogens with zero attached hydrogens (tertiary/aromatic N) is 4. The fourth-order valence-electron chi connectivity index (χ4n) is 4.76. The lowest BCUT2D eigenvalue weighted by molar-refractivity contribution is -0.157. The summed E-state index contributed by atoms with van der Waals surface area (Å²) in [6.07, 6.45) is 6.16. The topological polar surface area (TPSA) is 80.5 Å². The molecule has 0 saturated carbocycles. The van der Waals surface area contributed by atoms with Gasteiger partial charge in [0, 0.05) is 61.9 Å². The Bertz CT molecular complexity index is 1040. The van der Waals surface area contributed by atoms with E-state index in [2.05, 4.69) is 16.1 Å². The largest absolute Gasteiger partial charge is 0.481 e. The van der Waals surface area contributed by atoms with Crippen LogP contribution in [0.1, 0.15) is 12.0 Å². The molecule has 0 bridgehead atoms. The van der Waals surface area contributed by atoms with E-state index in [0.29, 0.717) is 32.7 Å². The molecule has 1 N–H and O–H groups in total. The molecule has 7 heteroatoms. The molecule has 5 rings (SSSR count). The molecule has 0 unspecified atom stereocenters. The van der Waals surface area contributed by atoms with Crippen molar-refractivity contribution in [2.24, 2.45) is 11.3 Å². The Labute approximate surface area is 174 Å². The van der Waals surface area contributed by atoms with Crippen LogP contribution in [-0.2, 0) is 16.1 Å². The first-order valence-electron chi connectivity index (χ1n) is 10.2. The van der Waals surface area contributed by atoms with Gasteiger partial charge in [-0.3, -0.25) is 14.7 Å². The van der Waals surface area contributed by atoms with E-state index < -0.39 is 11.4 Å². The maximum absolute atomic E-state index is 12.1. The highest BCUT2D eigenvalue weighted by Crippen LogP contribution is 2.43. The molecule has 3 aromatic rings. The van der Waals surface area contributed by atoms with Crippen LogP contribution in [0, 0.1) is 11.3 Å². The number of carbonyl (C=O) groups is 1. The van der Waals surface area contributed by atoms with Crippen molar-refractivity contribution in [1.29, 1.82) is 0 Å². The van der Waals surface area contributed by atoms with Gasteiger partial charge in [-0.25, -0.2) is 4.68 Å². The first-order valence-corrected chi connectivity index (χ1v) is 10.2. The van der Waals surface area contributed by atoms with Gasteiger partial charge in [0.25, 0.3) is 0 Å². The quantitative estimate of drug-likeness (QED) is 0.704. The van der Waals surface area contributed by atoms with Gasteiger partial charge in [-0.05, 0) is 30.7 Å². The van der Waals surface area contributed by atoms with E-state index in [-0.39, 0.29) is 5.92 Å². The normalized spacial score (nSPS) is 23.9. The molecule has 4 heterocycles. The second kappa shape index (κ2) is 7.66. The van der Waals surface area contributed by atoms with Crippen LogP contribution >= 0.6 is 0 Å². The predicted octanol–water partition coefficient (Wildman–Crippen LogP) is 2.86. The van der Waals surface area contributed by atoms with Crippen LogP contribution in [0.2, 0.25) is 0 Å². The Hall–Kier alpha value is -3.03. The minimum Gasteiger partial charge on any atom is -0.481 e. The number of ether oxygens (including phenoxy) is 1. The molecule has 2 aliphatic heterocycles. The molecule has 7 nitrogen and oxygen atoms in total. The predicted molar refractivity (Wildman–Crippen MR) is 111 cm³/mol. The van der Waals surface area contributed by atoms with Gasteiger partial charge < -0.3 is 9.84 Å². The average Bonchev–Trinajstić information content (AvgIpc) is 3.37. The smallest absolute Gasteiger partial charge is 0.311 e. The third-order valence-electron chi connectivity index (χ3n) is 6.36. The van der Waals surface area contributed by atoms with E-state index in [0.717, 1.165) is 29.1 Å². The van der Waals surface area contributed by atoms with Crippen molar-refractivity contribution < 1.29 is 14.6 Å². The van der Waals surface area contributed by atoms with E-state index in [9.17, 15) is 9.90 Å². The summed E-state index contributed by atoms with van der Waals surface area (Å²) in [5.41, 5.74) is 3.26. The number of carboxylic acids is 1. The van der Waals surface area contributed by atoms with Crippen molar-refractivity contribution in [3.63, 3.8) is 0 Å². The molecule has 0 aliphatic carbocycles. The van der Waals surface area contributed by atoms with Gasteiger partial charge in [-0.1, -0.05) is 18.2 Å². The fraction of sp³-hybridized carbons (Fsp3) is 0.348. The van der Waals surface area contributed by atoms with Crippen molar-refractivity contribution in [2.45, 2.75) is 13.0 Å². The fourth-order valence-corrected chi connectivity index (χ4v) is 4.76. The van der Waals surface area contributed by atoms with Gasteiger partial charge in [0.05, 0.1) is 23.4 Å². The van der Waals surface area contributed by atoms with Crippen molar-refractivity contribution in [1.82, 2.24) is 19.7 Å². The summed E-state index contributed by atoms with van der Waals surface area (Å²) in [5.74, 6) is -0.676. The average molecular weight is 404 g/mol. The van der Waals surface area contributed by atoms with E-state index in [1.807, 2.05) is 47.1 Å². The number of carboxylic acid groups (broad SMARTS) is 1. The summed E-state index contributed by atoms with van der Waals surface area (Å²) in [6.45, 7) is 2.95. The highest BCUT2D eigenvalue weighted by atomic mass is 16.5. The third-order valence-corrected chi connectivity index (χ3v) is 6.36. The zero-order valence-electron chi connectivity index (χ0n) is 16.6. The van der Waals surface area contributed by atoms with Crippen molar-refractivity contribution in [2.75, 3.05) is 26.3 Å². The summed E-state index contributed by atoms with van der Waals surface area (Å²) in [6, 6.07) is 13.9. The van der Waals surface area contributed by atoms with Gasteiger partial charge in [-0.15, -0.1) is 0 Å². The Balaban J connectivity index is 1.48. The molecule has 2 atom stereocenters. The number of hydrogen-bond acceptors (Lipinski definition) is 5. The molecule has 30 heavy (non-hydrogen) atoms. The second-order valence-electron chi connectivity index (χ2n) is 8.17. The maximum atomic E-state index is 12.1. The lowest BCUT2D eigenvalue weighted by Crippen LogP contribution is -2.44. The van der Waals surface area contributed by atoms with Gasteiger partial charge >= 0.3 is 5.97 Å². The second-order valence-corrected chi connectivity index (χ2v) is 8.17. The Morgan fingerprint density at radius 3 is 2.73 bits per heavy atom. The number of likely N-dealkylation sites (tertiary alicyclic amines) is 1. The van der Waals surface area contributed by atoms with E-state index in [4.69, 9.17) is 9.84 Å². The monoisotopic (exact) mass is 404 g/mol. The summed E-state index contributed by atoms with van der Waals surface area (Å²) in [7, 11) is 0. The third kappa shape index (κ3) is 3.30. The molecule has 2 aromatic heterocycles. The highest BCUT2D eigenvalue weighted by Gasteiger charge is 2.53. The van der Waals surface area contributed by atoms with Crippen LogP contribution < -0.4 is 0 Å². The number of aromatic nitrogens is 3. The zero-order valence-corrected chi connectivity index (χ0v) is 16.6. The molecule has 2 fully saturated rings. The van der Waals surface area contributed by atoms with E-state index in [1.54, 1.807) is 12.4 Å². The molecule has 0 amide bonds. The van der Waals surface area contributed by atoms with E-state index >= 15 is 0 Å². The number of benzene rings is 1. The standard InChI is InChI=1S/C23H24N4O3/c28-22(29)23-8-11-30-15-19(23)14-26(16-23)12-18-13-27(20-4-2-1-3-5-20)25-21(18)17-6-9-24-10-7-17/h1-7,9-10,13,19H,8,11-12,14-16H2,(H,28,29)/t19-,23+/m1/s1. The SMILES string of the molecule is O=C(O)[C@]12CCOC[C@H]1CN(Cc1cn(-c3ccccc3)nc1-c1ccncc1)C2. The summed E-state index contributed by atoms with van der Waals surface area (Å²) in [5, 5.41) is 14.8. The minimum atomic E-state index is -0.704. The molecule has 0 radical (unpaired) electrons. The van der Waals surface area contributed by atoms with Gasteiger partial charge in [0.1, 0.15) is 0 Å². The van der Waals surface area contributed by atoms with Crippen molar-refractivity contribution in [3.05, 3.63) is 66.6 Å². The Kier molecular flexibility index (Phi) is 4.84. The van der Waals surface area contributed by atoms with Crippen LogP contribution in [0.15, 0.2) is 61.1 Å².